The molecule has 0 aliphatic heterocycles. The van der Waals surface area contributed by atoms with E-state index in [2.05, 4.69) is 22.0 Å². The summed E-state index contributed by atoms with van der Waals surface area (Å²) in [7, 11) is 0. The molecule has 7 heteroatoms. The van der Waals surface area contributed by atoms with Crippen molar-refractivity contribution < 1.29 is 18.4 Å². The molecule has 3 rings (SSSR count). The maximum Gasteiger partial charge on any atom is 0.255 e. The fraction of sp³-hybridized carbons (Fsp3) is 0.316. The molecule has 0 amide bonds. The molecule has 0 saturated heterocycles. The Balaban J connectivity index is 1.64. The first kappa shape index (κ1) is 18.0. The first-order chi connectivity index (χ1) is 12.7. The Hall–Kier alpha value is -2.80. The quantitative estimate of drug-likeness (QED) is 0.532. The van der Waals surface area contributed by atoms with Crippen molar-refractivity contribution in [2.24, 2.45) is 0 Å². The van der Waals surface area contributed by atoms with E-state index in [-0.39, 0.29) is 11.9 Å². The maximum absolute atomic E-state index is 12.9. The molecule has 0 aliphatic carbocycles. The van der Waals surface area contributed by atoms with E-state index in [1.807, 2.05) is 6.92 Å². The molecule has 2 heterocycles. The number of unbranched alkanes of at least 4 members (excludes halogenated alkanes) is 1. The minimum Gasteiger partial charge on any atom is -0.439 e. The van der Waals surface area contributed by atoms with E-state index >= 15 is 0 Å². The normalized spacial score (nSPS) is 12.1. The second-order valence-electron chi connectivity index (χ2n) is 5.76. The second-order valence-corrected chi connectivity index (χ2v) is 5.76. The lowest BCUT2D eigenvalue weighted by Crippen LogP contribution is -2.01. The van der Waals surface area contributed by atoms with Gasteiger partial charge in [-0.2, -0.15) is 4.98 Å². The predicted octanol–water partition coefficient (Wildman–Crippen LogP) is 4.94. The molecular weight excluding hydrogens is 337 g/mol. The lowest BCUT2D eigenvalue weighted by atomic mass is 10.2. The summed E-state index contributed by atoms with van der Waals surface area (Å²) in [6, 6.07) is 9.20. The van der Waals surface area contributed by atoms with Crippen molar-refractivity contribution in [3.63, 3.8) is 0 Å². The van der Waals surface area contributed by atoms with Crippen LogP contribution in [0.2, 0.25) is 0 Å². The minimum atomic E-state index is -0.318. The first-order valence-electron chi connectivity index (χ1n) is 8.50. The fourth-order valence-corrected chi connectivity index (χ4v) is 2.19. The summed E-state index contributed by atoms with van der Waals surface area (Å²) in [6.45, 7) is 4.65. The van der Waals surface area contributed by atoms with Crippen LogP contribution in [0.4, 0.5) is 4.39 Å². The van der Waals surface area contributed by atoms with Gasteiger partial charge < -0.3 is 14.0 Å². The molecule has 0 aliphatic rings. The molecule has 0 radical (unpaired) electrons. The number of nitrogens with zero attached hydrogens (tertiary/aromatic N) is 3. The molecule has 0 saturated carbocycles. The van der Waals surface area contributed by atoms with E-state index in [9.17, 15) is 4.39 Å². The van der Waals surface area contributed by atoms with E-state index in [0.29, 0.717) is 35.5 Å². The van der Waals surface area contributed by atoms with Crippen LogP contribution in [0.15, 0.2) is 47.1 Å². The largest absolute Gasteiger partial charge is 0.439 e. The topological polar surface area (TPSA) is 70.3 Å². The van der Waals surface area contributed by atoms with Crippen molar-refractivity contribution in [2.45, 2.75) is 32.8 Å². The number of hydrogen-bond acceptors (Lipinski definition) is 6. The van der Waals surface area contributed by atoms with E-state index in [0.717, 1.165) is 12.8 Å². The molecule has 0 bridgehead atoms. The van der Waals surface area contributed by atoms with Crippen LogP contribution < -0.4 is 4.74 Å². The van der Waals surface area contributed by atoms with Crippen molar-refractivity contribution >= 4 is 0 Å². The van der Waals surface area contributed by atoms with Gasteiger partial charge in [0.1, 0.15) is 17.7 Å². The summed E-state index contributed by atoms with van der Waals surface area (Å²) in [5.41, 5.74) is 0.701. The van der Waals surface area contributed by atoms with Crippen molar-refractivity contribution in [3.8, 4) is 23.0 Å². The third-order valence-electron chi connectivity index (χ3n) is 3.69. The highest BCUT2D eigenvalue weighted by Crippen LogP contribution is 2.24. The lowest BCUT2D eigenvalue weighted by molar-refractivity contribution is 0.0412. The van der Waals surface area contributed by atoms with Crippen LogP contribution in [0.25, 0.3) is 11.4 Å². The van der Waals surface area contributed by atoms with Crippen LogP contribution in [-0.4, -0.2) is 21.7 Å². The Morgan fingerprint density at radius 1 is 1.15 bits per heavy atom. The summed E-state index contributed by atoms with van der Waals surface area (Å²) in [5, 5.41) is 3.97. The van der Waals surface area contributed by atoms with Crippen LogP contribution >= 0.6 is 0 Å². The van der Waals surface area contributed by atoms with Crippen LogP contribution in [-0.2, 0) is 4.74 Å². The lowest BCUT2D eigenvalue weighted by Gasteiger charge is -2.07. The molecule has 0 unspecified atom stereocenters. The van der Waals surface area contributed by atoms with Gasteiger partial charge in [-0.3, -0.25) is 0 Å². The molecule has 0 spiro atoms. The molecule has 26 heavy (non-hydrogen) atoms. The molecule has 6 nitrogen and oxygen atoms in total. The summed E-state index contributed by atoms with van der Waals surface area (Å²) >= 11 is 0. The smallest absolute Gasteiger partial charge is 0.255 e. The summed E-state index contributed by atoms with van der Waals surface area (Å²) in [4.78, 5) is 8.58. The van der Waals surface area contributed by atoms with Gasteiger partial charge in [0.15, 0.2) is 0 Å². The molecule has 136 valence electrons. The number of benzene rings is 1. The van der Waals surface area contributed by atoms with Crippen molar-refractivity contribution in [1.29, 1.82) is 0 Å². The summed E-state index contributed by atoms with van der Waals surface area (Å²) < 4.78 is 29.4. The van der Waals surface area contributed by atoms with Gasteiger partial charge in [-0.15, -0.1) is 0 Å². The predicted molar refractivity (Wildman–Crippen MR) is 93.3 cm³/mol. The second kappa shape index (κ2) is 8.53. The van der Waals surface area contributed by atoms with Gasteiger partial charge in [-0.1, -0.05) is 18.5 Å². The molecule has 1 aromatic carbocycles. The van der Waals surface area contributed by atoms with Gasteiger partial charge in [0, 0.05) is 24.4 Å². The fourth-order valence-electron chi connectivity index (χ4n) is 2.19. The molecule has 1 atom stereocenters. The highest BCUT2D eigenvalue weighted by molar-refractivity contribution is 5.53. The average molecular weight is 357 g/mol. The summed E-state index contributed by atoms with van der Waals surface area (Å²) in [5.74, 6) is 1.45. The van der Waals surface area contributed by atoms with Crippen molar-refractivity contribution in [3.05, 3.63) is 54.3 Å². The maximum atomic E-state index is 12.9. The van der Waals surface area contributed by atoms with Crippen molar-refractivity contribution in [2.75, 3.05) is 6.61 Å². The number of pyridine rings is 1. The molecule has 3 aromatic rings. The Kier molecular flexibility index (Phi) is 5.91. The number of hydrogen-bond donors (Lipinski definition) is 0. The van der Waals surface area contributed by atoms with Crippen LogP contribution in [0.5, 0.6) is 11.6 Å². The van der Waals surface area contributed by atoms with E-state index in [1.165, 1.54) is 24.3 Å². The van der Waals surface area contributed by atoms with Gasteiger partial charge in [0.2, 0.25) is 11.7 Å². The van der Waals surface area contributed by atoms with Gasteiger partial charge in [-0.25, -0.2) is 9.37 Å². The Bertz CT molecular complexity index is 819. The zero-order valence-electron chi connectivity index (χ0n) is 14.7. The monoisotopic (exact) mass is 357 g/mol. The highest BCUT2D eigenvalue weighted by Gasteiger charge is 2.16. The van der Waals surface area contributed by atoms with Crippen LogP contribution in [0.3, 0.4) is 0 Å². The van der Waals surface area contributed by atoms with Gasteiger partial charge >= 0.3 is 0 Å². The number of rotatable bonds is 8. The van der Waals surface area contributed by atoms with E-state index in [1.54, 1.807) is 18.3 Å². The molecule has 0 fully saturated rings. The zero-order valence-corrected chi connectivity index (χ0v) is 14.7. The van der Waals surface area contributed by atoms with Gasteiger partial charge in [-0.05, 0) is 43.7 Å². The van der Waals surface area contributed by atoms with Gasteiger partial charge in [0.05, 0.1) is 0 Å². The Morgan fingerprint density at radius 3 is 2.65 bits per heavy atom. The zero-order chi connectivity index (χ0) is 18.4. The van der Waals surface area contributed by atoms with Gasteiger partial charge in [0.25, 0.3) is 5.89 Å². The third kappa shape index (κ3) is 4.64. The summed E-state index contributed by atoms with van der Waals surface area (Å²) in [6.07, 6.45) is 3.40. The van der Waals surface area contributed by atoms with Crippen LogP contribution in [0.1, 0.15) is 38.7 Å². The number of ether oxygens (including phenoxy) is 2. The Labute approximate surface area is 151 Å². The molecule has 2 aromatic heterocycles. The van der Waals surface area contributed by atoms with Crippen molar-refractivity contribution in [1.82, 2.24) is 15.1 Å². The van der Waals surface area contributed by atoms with E-state index in [4.69, 9.17) is 14.0 Å². The SMILES string of the molecule is CCCCO[C@@H](C)c1nc(-c2ccc(Oc3ccc(F)cc3)nc2)no1. The van der Waals surface area contributed by atoms with Crippen LogP contribution in [0, 0.1) is 5.82 Å². The number of halogens is 1. The Morgan fingerprint density at radius 2 is 1.96 bits per heavy atom. The molecule has 0 N–H and O–H groups in total. The molecular formula is C19H20FN3O3. The number of aromatic nitrogens is 3. The standard InChI is InChI=1S/C19H20FN3O3/c1-3-4-11-24-13(2)19-22-18(23-26-19)14-5-10-17(21-12-14)25-16-8-6-15(20)7-9-16/h5-10,12-13H,3-4,11H2,1-2H3/t13-/m0/s1. The first-order valence-corrected chi connectivity index (χ1v) is 8.50. The minimum absolute atomic E-state index is 0.253. The average Bonchev–Trinajstić information content (AvgIpc) is 3.15. The third-order valence-corrected chi connectivity index (χ3v) is 3.69. The highest BCUT2D eigenvalue weighted by atomic mass is 19.1. The van der Waals surface area contributed by atoms with E-state index < -0.39 is 0 Å².